The van der Waals surface area contributed by atoms with Crippen LogP contribution in [-0.2, 0) is 16.0 Å². The van der Waals surface area contributed by atoms with E-state index in [1.54, 1.807) is 12.3 Å². The van der Waals surface area contributed by atoms with Gasteiger partial charge in [0.2, 0.25) is 0 Å². The van der Waals surface area contributed by atoms with Crippen molar-refractivity contribution in [3.63, 3.8) is 0 Å². The van der Waals surface area contributed by atoms with Crippen molar-refractivity contribution in [1.29, 1.82) is 0 Å². The van der Waals surface area contributed by atoms with Crippen LogP contribution in [0.15, 0.2) is 24.4 Å². The second kappa shape index (κ2) is 4.76. The van der Waals surface area contributed by atoms with Crippen molar-refractivity contribution in [3.05, 3.63) is 30.0 Å². The minimum Gasteiger partial charge on any atom is -0.480 e. The summed E-state index contributed by atoms with van der Waals surface area (Å²) in [7, 11) is 0. The number of carboxylic acids is 1. The van der Waals surface area contributed by atoms with Gasteiger partial charge in [-0.05, 0) is 44.5 Å². The van der Waals surface area contributed by atoms with Gasteiger partial charge in [-0.15, -0.1) is 0 Å². The zero-order valence-electron chi connectivity index (χ0n) is 12.7. The first-order chi connectivity index (χ1) is 10.3. The summed E-state index contributed by atoms with van der Waals surface area (Å²) < 4.78 is 6.84. The van der Waals surface area contributed by atoms with Crippen molar-refractivity contribution in [2.75, 3.05) is 5.32 Å². The monoisotopic (exact) mass is 302 g/mol. The molecule has 3 rings (SSSR count). The summed E-state index contributed by atoms with van der Waals surface area (Å²) in [6.07, 6.45) is 1.62. The summed E-state index contributed by atoms with van der Waals surface area (Å²) in [4.78, 5) is 23.4. The predicted octanol–water partition coefficient (Wildman–Crippen LogP) is 2.85. The third-order valence-electron chi connectivity index (χ3n) is 3.61. The molecule has 0 saturated heterocycles. The van der Waals surface area contributed by atoms with Crippen LogP contribution in [0.2, 0.25) is 0 Å². The van der Waals surface area contributed by atoms with E-state index in [9.17, 15) is 9.59 Å². The lowest BCUT2D eigenvalue weighted by molar-refractivity contribution is -0.137. The van der Waals surface area contributed by atoms with Gasteiger partial charge in [-0.1, -0.05) is 0 Å². The Morgan fingerprint density at radius 1 is 1.32 bits per heavy atom. The van der Waals surface area contributed by atoms with Gasteiger partial charge in [0.15, 0.2) is 0 Å². The molecule has 2 heterocycles. The minimum absolute atomic E-state index is 0.403. The molecule has 0 radical (unpaired) electrons. The number of aromatic nitrogens is 1. The number of anilines is 1. The number of nitrogens with one attached hydrogen (secondary N) is 1. The first kappa shape index (κ1) is 14.4. The highest BCUT2D eigenvalue weighted by molar-refractivity contribution is 5.96. The van der Waals surface area contributed by atoms with Crippen LogP contribution in [0.5, 0.6) is 0 Å². The van der Waals surface area contributed by atoms with Crippen molar-refractivity contribution >= 4 is 28.7 Å². The number of hydrogen-bond donors (Lipinski definition) is 2. The fourth-order valence-electron chi connectivity index (χ4n) is 2.70. The molecule has 1 aliphatic heterocycles. The van der Waals surface area contributed by atoms with E-state index >= 15 is 0 Å². The second-order valence-electron chi connectivity index (χ2n) is 6.43. The molecule has 1 atom stereocenters. The Balaban J connectivity index is 2.00. The number of carbonyl (C=O) groups excluding carboxylic acids is 1. The Hall–Kier alpha value is -2.50. The molecule has 0 amide bonds. The summed E-state index contributed by atoms with van der Waals surface area (Å²) in [6, 6.07) is 4.81. The van der Waals surface area contributed by atoms with Gasteiger partial charge in [0.05, 0.1) is 5.52 Å². The maximum atomic E-state index is 12.2. The molecule has 116 valence electrons. The molecule has 1 aliphatic rings. The van der Waals surface area contributed by atoms with E-state index in [0.717, 1.165) is 22.2 Å². The molecule has 0 bridgehead atoms. The molecular weight excluding hydrogens is 284 g/mol. The molecular formula is C16H18N2O4. The molecule has 0 aliphatic carbocycles. The largest absolute Gasteiger partial charge is 0.480 e. The van der Waals surface area contributed by atoms with E-state index in [1.165, 1.54) is 4.57 Å². The Morgan fingerprint density at radius 2 is 2.05 bits per heavy atom. The Kier molecular flexibility index (Phi) is 3.12. The fraction of sp³-hybridized carbons (Fsp3) is 0.375. The Bertz CT molecular complexity index is 770. The Morgan fingerprint density at radius 3 is 2.68 bits per heavy atom. The number of benzene rings is 1. The maximum absolute atomic E-state index is 12.2. The van der Waals surface area contributed by atoms with Crippen molar-refractivity contribution in [1.82, 2.24) is 4.57 Å². The number of ether oxygens (including phenoxy) is 1. The zero-order valence-corrected chi connectivity index (χ0v) is 12.7. The van der Waals surface area contributed by atoms with Gasteiger partial charge in [-0.25, -0.2) is 9.59 Å². The number of fused-ring (bicyclic) bond motifs is 3. The summed E-state index contributed by atoms with van der Waals surface area (Å²) in [5.41, 5.74) is 1.88. The first-order valence-corrected chi connectivity index (χ1v) is 7.12. The number of aliphatic carboxylic acids is 1. The average Bonchev–Trinajstić information content (AvgIpc) is 2.99. The van der Waals surface area contributed by atoms with Crippen LogP contribution in [0.1, 0.15) is 26.3 Å². The molecule has 1 unspecified atom stereocenters. The molecule has 2 aromatic rings. The van der Waals surface area contributed by atoms with E-state index in [2.05, 4.69) is 5.32 Å². The van der Waals surface area contributed by atoms with Crippen LogP contribution in [0.25, 0.3) is 10.9 Å². The van der Waals surface area contributed by atoms with Crippen LogP contribution in [-0.4, -0.2) is 33.4 Å². The molecule has 6 heteroatoms. The number of nitrogens with zero attached hydrogens (tertiary/aromatic N) is 1. The van der Waals surface area contributed by atoms with Gasteiger partial charge >= 0.3 is 12.1 Å². The number of carbonyl (C=O) groups is 2. The molecule has 6 nitrogen and oxygen atoms in total. The summed E-state index contributed by atoms with van der Waals surface area (Å²) in [5.74, 6) is -0.879. The number of carboxylic acid groups (broad SMARTS) is 1. The van der Waals surface area contributed by atoms with Crippen molar-refractivity contribution in [3.8, 4) is 0 Å². The lowest BCUT2D eigenvalue weighted by Gasteiger charge is -2.19. The van der Waals surface area contributed by atoms with Gasteiger partial charge in [-0.2, -0.15) is 0 Å². The van der Waals surface area contributed by atoms with E-state index in [-0.39, 0.29) is 0 Å². The van der Waals surface area contributed by atoms with E-state index < -0.39 is 23.7 Å². The third kappa shape index (κ3) is 2.41. The lowest BCUT2D eigenvalue weighted by atomic mass is 10.1. The summed E-state index contributed by atoms with van der Waals surface area (Å²) in [6.45, 7) is 5.45. The smallest absolute Gasteiger partial charge is 0.418 e. The van der Waals surface area contributed by atoms with Crippen LogP contribution < -0.4 is 5.32 Å². The number of rotatable bonds is 1. The van der Waals surface area contributed by atoms with Gasteiger partial charge in [0, 0.05) is 23.7 Å². The van der Waals surface area contributed by atoms with E-state index in [0.29, 0.717) is 6.42 Å². The first-order valence-electron chi connectivity index (χ1n) is 7.12. The third-order valence-corrected chi connectivity index (χ3v) is 3.61. The molecule has 0 fully saturated rings. The second-order valence-corrected chi connectivity index (χ2v) is 6.43. The fourth-order valence-corrected chi connectivity index (χ4v) is 2.70. The standard InChI is InChI=1S/C16H18N2O4/c1-16(2,3)22-15(21)18-7-6-9-10-8-12(14(19)20)17-11(10)4-5-13(9)18/h4-7,12,17H,8H2,1-3H3,(H,19,20). The van der Waals surface area contributed by atoms with Crippen molar-refractivity contribution in [2.24, 2.45) is 0 Å². The lowest BCUT2D eigenvalue weighted by Crippen LogP contribution is -2.26. The van der Waals surface area contributed by atoms with Crippen molar-refractivity contribution in [2.45, 2.75) is 38.8 Å². The molecule has 1 aromatic carbocycles. The summed E-state index contributed by atoms with van der Waals surface area (Å²) in [5, 5.41) is 13.0. The van der Waals surface area contributed by atoms with Gasteiger partial charge in [0.1, 0.15) is 11.6 Å². The predicted molar refractivity (Wildman–Crippen MR) is 82.3 cm³/mol. The van der Waals surface area contributed by atoms with Crippen molar-refractivity contribution < 1.29 is 19.4 Å². The minimum atomic E-state index is -0.879. The summed E-state index contributed by atoms with van der Waals surface area (Å²) >= 11 is 0. The maximum Gasteiger partial charge on any atom is 0.418 e. The van der Waals surface area contributed by atoms with Gasteiger partial charge in [-0.3, -0.25) is 4.57 Å². The van der Waals surface area contributed by atoms with Gasteiger partial charge < -0.3 is 15.2 Å². The molecule has 0 spiro atoms. The van der Waals surface area contributed by atoms with Gasteiger partial charge in [0.25, 0.3) is 0 Å². The number of hydrogen-bond acceptors (Lipinski definition) is 4. The highest BCUT2D eigenvalue weighted by Crippen LogP contribution is 2.33. The highest BCUT2D eigenvalue weighted by atomic mass is 16.6. The molecule has 22 heavy (non-hydrogen) atoms. The van der Waals surface area contributed by atoms with Crippen LogP contribution in [0, 0.1) is 0 Å². The normalized spacial score (nSPS) is 17.1. The van der Waals surface area contributed by atoms with E-state index in [1.807, 2.05) is 32.9 Å². The van der Waals surface area contributed by atoms with Crippen LogP contribution in [0.4, 0.5) is 10.5 Å². The SMILES string of the molecule is CC(C)(C)OC(=O)n1ccc2c3c(ccc21)NC(C(=O)O)C3. The molecule has 0 saturated carbocycles. The Labute approximate surface area is 127 Å². The molecule has 1 aromatic heterocycles. The van der Waals surface area contributed by atoms with E-state index in [4.69, 9.17) is 9.84 Å². The van der Waals surface area contributed by atoms with Crippen LogP contribution >= 0.6 is 0 Å². The quantitative estimate of drug-likeness (QED) is 0.846. The van der Waals surface area contributed by atoms with Crippen LogP contribution in [0.3, 0.4) is 0 Å². The molecule has 2 N–H and O–H groups in total. The highest BCUT2D eigenvalue weighted by Gasteiger charge is 2.29. The topological polar surface area (TPSA) is 80.6 Å². The zero-order chi connectivity index (χ0) is 16.1. The average molecular weight is 302 g/mol.